The predicted octanol–water partition coefficient (Wildman–Crippen LogP) is 4.82. The van der Waals surface area contributed by atoms with Gasteiger partial charge >= 0.3 is 256 Å². The molecule has 41 heavy (non-hydrogen) atoms. The van der Waals surface area contributed by atoms with Gasteiger partial charge in [-0.15, -0.1) is 0 Å². The van der Waals surface area contributed by atoms with E-state index in [1.165, 1.54) is 67.4 Å². The minimum atomic E-state index is -0.999. The summed E-state index contributed by atoms with van der Waals surface area (Å²) in [6, 6.07) is 23.9. The van der Waals surface area contributed by atoms with Crippen LogP contribution in [0.5, 0.6) is 0 Å². The summed E-state index contributed by atoms with van der Waals surface area (Å²) >= 11 is 3.09. The summed E-state index contributed by atoms with van der Waals surface area (Å²) in [7, 11) is 0. The monoisotopic (exact) mass is 694 g/mol. The third-order valence-corrected chi connectivity index (χ3v) is 15.4. The first kappa shape index (κ1) is 32.7. The summed E-state index contributed by atoms with van der Waals surface area (Å²) in [5.74, 6) is 0. The number of hydrogen-bond donors (Lipinski definition) is 0. The van der Waals surface area contributed by atoms with Gasteiger partial charge in [0.15, 0.2) is 0 Å². The van der Waals surface area contributed by atoms with Crippen molar-refractivity contribution in [3.8, 4) is 0 Å². The Morgan fingerprint density at radius 1 is 0.585 bits per heavy atom. The molecule has 6 rings (SSSR count). The van der Waals surface area contributed by atoms with E-state index >= 15 is 0 Å². The number of benzene rings is 2. The van der Waals surface area contributed by atoms with E-state index in [2.05, 4.69) is 101 Å². The smallest absolute Gasteiger partial charge is 1.00 e. The largest absolute Gasteiger partial charge is 1.00 e. The SMILES string of the molecule is CCCc1ccc(C2=Cc3c(CC)cccc3[CH]2[Zr+2][CH]2C(c3ccc(CCC)s3)=Cc3c(CC)cccc32)s1.[Cl-].[Cl-]. The predicted molar refractivity (Wildman–Crippen MR) is 169 cm³/mol. The third-order valence-electron chi connectivity index (χ3n) is 8.28. The maximum Gasteiger partial charge on any atom is -1.00 e. The second-order valence-corrected chi connectivity index (χ2v) is 16.8. The normalized spacial score (nSPS) is 16.7. The van der Waals surface area contributed by atoms with Crippen LogP contribution in [0.3, 0.4) is 0 Å². The van der Waals surface area contributed by atoms with Crippen LogP contribution in [0, 0.1) is 0 Å². The molecular weight excluding hydrogens is 659 g/mol. The van der Waals surface area contributed by atoms with Gasteiger partial charge in [-0.3, -0.25) is 0 Å². The fourth-order valence-corrected chi connectivity index (χ4v) is 14.2. The van der Waals surface area contributed by atoms with E-state index in [9.17, 15) is 0 Å². The molecule has 2 atom stereocenters. The number of thiophene rings is 2. The zero-order valence-electron chi connectivity index (χ0n) is 24.4. The van der Waals surface area contributed by atoms with E-state index in [1.54, 1.807) is 22.3 Å². The van der Waals surface area contributed by atoms with Crippen molar-refractivity contribution >= 4 is 46.0 Å². The van der Waals surface area contributed by atoms with Gasteiger partial charge in [0.2, 0.25) is 0 Å². The zero-order valence-corrected chi connectivity index (χ0v) is 30.0. The summed E-state index contributed by atoms with van der Waals surface area (Å²) in [5.41, 5.74) is 12.5. The number of halogens is 2. The van der Waals surface area contributed by atoms with Crippen molar-refractivity contribution in [2.75, 3.05) is 0 Å². The maximum absolute atomic E-state index is 2.59. The minimum Gasteiger partial charge on any atom is -1.00 e. The Balaban J connectivity index is 0.00000194. The van der Waals surface area contributed by atoms with Crippen LogP contribution >= 0.6 is 22.7 Å². The Labute approximate surface area is 278 Å². The number of fused-ring (bicyclic) bond motifs is 2. The van der Waals surface area contributed by atoms with E-state index in [1.807, 2.05) is 22.7 Å². The standard InChI is InChI=1S/2C18H19S.2ClH.Zr/c2*1-3-6-16-9-10-18(19-16)15-11-14-8-5-7-13(4-2)17(14)12-15;;;/h2*5,7-12H,3-4,6H2,1-2H3;2*1H;/q;;;;+2/p-2. The fraction of sp³-hybridized carbons (Fsp3) is 0.333. The van der Waals surface area contributed by atoms with Gasteiger partial charge in [0, 0.05) is 0 Å². The molecule has 2 aromatic carbocycles. The molecule has 0 saturated heterocycles. The first-order valence-electron chi connectivity index (χ1n) is 14.8. The van der Waals surface area contributed by atoms with Gasteiger partial charge < -0.3 is 24.8 Å². The molecular formula is C36H38Cl2S2Zr. The van der Waals surface area contributed by atoms with Crippen molar-refractivity contribution in [2.24, 2.45) is 0 Å². The molecule has 2 aliphatic carbocycles. The Hall–Kier alpha value is -1.22. The molecule has 5 heteroatoms. The maximum atomic E-state index is 2.59. The van der Waals surface area contributed by atoms with Crippen LogP contribution in [0.2, 0.25) is 0 Å². The molecule has 0 amide bonds. The summed E-state index contributed by atoms with van der Waals surface area (Å²) in [5, 5.41) is 0. The van der Waals surface area contributed by atoms with E-state index in [4.69, 9.17) is 0 Å². The van der Waals surface area contributed by atoms with Crippen molar-refractivity contribution in [3.05, 3.63) is 114 Å². The van der Waals surface area contributed by atoms with Crippen molar-refractivity contribution in [1.82, 2.24) is 0 Å². The molecule has 2 heterocycles. The quantitative estimate of drug-likeness (QED) is 0.223. The van der Waals surface area contributed by atoms with Crippen molar-refractivity contribution in [3.63, 3.8) is 0 Å². The molecule has 0 N–H and O–H groups in total. The molecule has 2 aromatic heterocycles. The summed E-state index contributed by atoms with van der Waals surface area (Å²) in [6.07, 6.45) is 12.2. The molecule has 2 aliphatic rings. The van der Waals surface area contributed by atoms with Crippen LogP contribution in [0.1, 0.15) is 101 Å². The van der Waals surface area contributed by atoms with Gasteiger partial charge in [0.05, 0.1) is 0 Å². The zero-order chi connectivity index (χ0) is 26.9. The molecule has 0 spiro atoms. The van der Waals surface area contributed by atoms with Crippen LogP contribution in [0.15, 0.2) is 60.7 Å². The first-order chi connectivity index (χ1) is 19.1. The molecule has 0 fully saturated rings. The Morgan fingerprint density at radius 2 is 1.02 bits per heavy atom. The number of hydrogen-bond acceptors (Lipinski definition) is 2. The third kappa shape index (κ3) is 6.37. The van der Waals surface area contributed by atoms with E-state index < -0.39 is 23.2 Å². The van der Waals surface area contributed by atoms with Crippen LogP contribution in [0.25, 0.3) is 23.3 Å². The Bertz CT molecular complexity index is 1440. The second-order valence-electron chi connectivity index (χ2n) is 10.8. The van der Waals surface area contributed by atoms with Gasteiger partial charge in [-0.25, -0.2) is 0 Å². The van der Waals surface area contributed by atoms with Gasteiger partial charge in [-0.1, -0.05) is 0 Å². The number of rotatable bonds is 10. The molecule has 2 unspecified atom stereocenters. The average Bonchev–Trinajstić information content (AvgIpc) is 3.74. The van der Waals surface area contributed by atoms with Crippen LogP contribution < -0.4 is 24.8 Å². The van der Waals surface area contributed by atoms with Crippen LogP contribution in [-0.4, -0.2) is 0 Å². The molecule has 0 radical (unpaired) electrons. The van der Waals surface area contributed by atoms with Crippen molar-refractivity contribution in [1.29, 1.82) is 0 Å². The van der Waals surface area contributed by atoms with E-state index in [0.717, 1.165) is 12.8 Å². The molecule has 4 aromatic rings. The van der Waals surface area contributed by atoms with Crippen molar-refractivity contribution < 1.29 is 48.0 Å². The second kappa shape index (κ2) is 14.5. The Kier molecular flexibility index (Phi) is 11.6. The topological polar surface area (TPSA) is 0 Å². The average molecular weight is 697 g/mol. The number of aryl methyl sites for hydroxylation is 4. The minimum absolute atomic E-state index is 0. The summed E-state index contributed by atoms with van der Waals surface area (Å²) in [4.78, 5) is 6.08. The Morgan fingerprint density at radius 3 is 1.41 bits per heavy atom. The molecule has 0 nitrogen and oxygen atoms in total. The van der Waals surface area contributed by atoms with Gasteiger partial charge in [-0.2, -0.15) is 0 Å². The summed E-state index contributed by atoms with van der Waals surface area (Å²) < 4.78 is 1.17. The van der Waals surface area contributed by atoms with Gasteiger partial charge in [0.1, 0.15) is 0 Å². The van der Waals surface area contributed by atoms with Crippen molar-refractivity contribution in [2.45, 2.75) is 73.5 Å². The summed E-state index contributed by atoms with van der Waals surface area (Å²) in [6.45, 7) is 9.21. The van der Waals surface area contributed by atoms with Crippen LogP contribution in [0.4, 0.5) is 0 Å². The molecule has 0 saturated carbocycles. The first-order valence-corrected chi connectivity index (χ1v) is 19.2. The van der Waals surface area contributed by atoms with Gasteiger partial charge in [0.25, 0.3) is 0 Å². The van der Waals surface area contributed by atoms with E-state index in [-0.39, 0.29) is 24.8 Å². The molecule has 0 bridgehead atoms. The van der Waals surface area contributed by atoms with E-state index in [0.29, 0.717) is 7.25 Å². The fourth-order valence-electron chi connectivity index (χ4n) is 6.33. The van der Waals surface area contributed by atoms with Crippen LogP contribution in [-0.2, 0) is 48.9 Å². The van der Waals surface area contributed by atoms with Gasteiger partial charge in [-0.05, 0) is 0 Å². The molecule has 212 valence electrons. The molecule has 0 aliphatic heterocycles. The number of allylic oxidation sites excluding steroid dienone is 2.